The first kappa shape index (κ1) is 13.6. The fraction of sp³-hybridized carbons (Fsp3) is 0.625. The van der Waals surface area contributed by atoms with E-state index in [1.165, 1.54) is 30.5 Å². The molecular weight excluding hydrogens is 220 g/mol. The maximum absolute atomic E-state index is 3.54. The van der Waals surface area contributed by atoms with Crippen molar-refractivity contribution < 1.29 is 0 Å². The highest BCUT2D eigenvalue weighted by atomic mass is 15.1. The van der Waals surface area contributed by atoms with Crippen LogP contribution in [0.4, 0.5) is 0 Å². The van der Waals surface area contributed by atoms with Crippen molar-refractivity contribution >= 4 is 0 Å². The summed E-state index contributed by atoms with van der Waals surface area (Å²) in [4.78, 5) is 2.37. The van der Waals surface area contributed by atoms with Gasteiger partial charge in [0.15, 0.2) is 0 Å². The van der Waals surface area contributed by atoms with E-state index in [1.807, 2.05) is 0 Å². The smallest absolute Gasteiger partial charge is 0.0382 e. The Labute approximate surface area is 111 Å². The van der Waals surface area contributed by atoms with E-state index in [0.29, 0.717) is 6.04 Å². The number of aryl methyl sites for hydroxylation is 1. The van der Waals surface area contributed by atoms with Crippen molar-refractivity contribution in [3.63, 3.8) is 0 Å². The largest absolute Gasteiger partial charge is 0.316 e. The van der Waals surface area contributed by atoms with Gasteiger partial charge in [-0.1, -0.05) is 31.2 Å². The van der Waals surface area contributed by atoms with Crippen molar-refractivity contribution in [3.8, 4) is 0 Å². The van der Waals surface area contributed by atoms with E-state index in [2.05, 4.69) is 55.5 Å². The average molecular weight is 246 g/mol. The van der Waals surface area contributed by atoms with Crippen LogP contribution in [0.2, 0.25) is 0 Å². The quantitative estimate of drug-likeness (QED) is 0.879. The molecule has 1 fully saturated rings. The molecule has 1 aliphatic rings. The molecule has 0 amide bonds. The summed E-state index contributed by atoms with van der Waals surface area (Å²) in [5.74, 6) is 0.737. The van der Waals surface area contributed by atoms with Gasteiger partial charge in [0.05, 0.1) is 0 Å². The molecule has 2 unspecified atom stereocenters. The van der Waals surface area contributed by atoms with Crippen LogP contribution in [0.25, 0.3) is 0 Å². The average Bonchev–Trinajstić information content (AvgIpc) is 2.40. The molecule has 1 aromatic rings. The summed E-state index contributed by atoms with van der Waals surface area (Å²) in [5.41, 5.74) is 2.89. The molecule has 0 saturated carbocycles. The van der Waals surface area contributed by atoms with Gasteiger partial charge in [0.25, 0.3) is 0 Å². The lowest BCUT2D eigenvalue weighted by atomic mass is 9.86. The molecular formula is C16H26N2. The van der Waals surface area contributed by atoms with Gasteiger partial charge >= 0.3 is 0 Å². The van der Waals surface area contributed by atoms with Crippen LogP contribution in [0.15, 0.2) is 24.3 Å². The van der Waals surface area contributed by atoms with Crippen LogP contribution in [0.3, 0.4) is 0 Å². The van der Waals surface area contributed by atoms with Gasteiger partial charge < -0.3 is 10.2 Å². The summed E-state index contributed by atoms with van der Waals surface area (Å²) in [5, 5.41) is 3.54. The highest BCUT2D eigenvalue weighted by molar-refractivity contribution is 5.25. The predicted molar refractivity (Wildman–Crippen MR) is 77.8 cm³/mol. The van der Waals surface area contributed by atoms with Crippen molar-refractivity contribution in [2.75, 3.05) is 27.2 Å². The summed E-state index contributed by atoms with van der Waals surface area (Å²) in [6.45, 7) is 4.55. The molecule has 2 atom stereocenters. The van der Waals surface area contributed by atoms with Gasteiger partial charge in [-0.25, -0.2) is 0 Å². The Balaban J connectivity index is 2.17. The molecule has 2 rings (SSSR count). The Bertz CT molecular complexity index is 350. The molecule has 1 N–H and O–H groups in total. The lowest BCUT2D eigenvalue weighted by molar-refractivity contribution is 0.181. The first-order valence-corrected chi connectivity index (χ1v) is 7.18. The number of nitrogens with one attached hydrogen (secondary N) is 1. The number of benzene rings is 1. The Hall–Kier alpha value is -0.860. The van der Waals surface area contributed by atoms with Gasteiger partial charge in [-0.2, -0.15) is 0 Å². The van der Waals surface area contributed by atoms with Gasteiger partial charge in [-0.15, -0.1) is 0 Å². The second-order valence-electron chi connectivity index (χ2n) is 5.61. The van der Waals surface area contributed by atoms with E-state index < -0.39 is 0 Å². The van der Waals surface area contributed by atoms with E-state index in [4.69, 9.17) is 0 Å². The molecule has 1 saturated heterocycles. The summed E-state index contributed by atoms with van der Waals surface area (Å²) in [6.07, 6.45) is 3.77. The third-order valence-corrected chi connectivity index (χ3v) is 4.07. The summed E-state index contributed by atoms with van der Waals surface area (Å²) in [7, 11) is 4.40. The first-order valence-electron chi connectivity index (χ1n) is 7.18. The Morgan fingerprint density at radius 1 is 1.28 bits per heavy atom. The summed E-state index contributed by atoms with van der Waals surface area (Å²) in [6, 6.07) is 9.74. The van der Waals surface area contributed by atoms with E-state index in [0.717, 1.165) is 18.9 Å². The molecule has 1 heterocycles. The molecule has 0 spiro atoms. The van der Waals surface area contributed by atoms with E-state index in [9.17, 15) is 0 Å². The number of hydrogen-bond acceptors (Lipinski definition) is 2. The van der Waals surface area contributed by atoms with Crippen molar-refractivity contribution in [2.45, 2.75) is 32.2 Å². The normalized spacial score (nSPS) is 22.1. The van der Waals surface area contributed by atoms with Crippen LogP contribution in [-0.2, 0) is 6.42 Å². The molecule has 18 heavy (non-hydrogen) atoms. The minimum atomic E-state index is 0.545. The monoisotopic (exact) mass is 246 g/mol. The number of rotatable bonds is 4. The van der Waals surface area contributed by atoms with E-state index in [-0.39, 0.29) is 0 Å². The molecule has 1 aliphatic heterocycles. The van der Waals surface area contributed by atoms with E-state index >= 15 is 0 Å². The molecule has 100 valence electrons. The molecule has 1 aromatic carbocycles. The third kappa shape index (κ3) is 3.12. The molecule has 0 radical (unpaired) electrons. The van der Waals surface area contributed by atoms with Gasteiger partial charge in [0, 0.05) is 6.04 Å². The lowest BCUT2D eigenvalue weighted by Gasteiger charge is -2.35. The SMILES string of the molecule is CCc1ccc(C(C2CCCNC2)N(C)C)cc1. The number of piperidine rings is 1. The maximum Gasteiger partial charge on any atom is 0.0382 e. The van der Waals surface area contributed by atoms with Crippen LogP contribution < -0.4 is 5.32 Å². The first-order chi connectivity index (χ1) is 8.72. The highest BCUT2D eigenvalue weighted by Crippen LogP contribution is 2.31. The minimum absolute atomic E-state index is 0.545. The maximum atomic E-state index is 3.54. The summed E-state index contributed by atoms with van der Waals surface area (Å²) < 4.78 is 0. The second-order valence-corrected chi connectivity index (χ2v) is 5.61. The van der Waals surface area contributed by atoms with Crippen molar-refractivity contribution in [2.24, 2.45) is 5.92 Å². The van der Waals surface area contributed by atoms with Gasteiger partial charge in [0.2, 0.25) is 0 Å². The van der Waals surface area contributed by atoms with Crippen LogP contribution >= 0.6 is 0 Å². The van der Waals surface area contributed by atoms with Crippen LogP contribution in [0, 0.1) is 5.92 Å². The van der Waals surface area contributed by atoms with Crippen molar-refractivity contribution in [1.29, 1.82) is 0 Å². The molecule has 0 aliphatic carbocycles. The molecule has 0 aromatic heterocycles. The zero-order valence-corrected chi connectivity index (χ0v) is 11.9. The van der Waals surface area contributed by atoms with Crippen LogP contribution in [-0.4, -0.2) is 32.1 Å². The van der Waals surface area contributed by atoms with E-state index in [1.54, 1.807) is 0 Å². The van der Waals surface area contributed by atoms with Crippen LogP contribution in [0.5, 0.6) is 0 Å². The fourth-order valence-electron chi connectivity index (χ4n) is 3.09. The zero-order chi connectivity index (χ0) is 13.0. The standard InChI is InChI=1S/C16H26N2/c1-4-13-7-9-14(10-8-13)16(18(2)3)15-6-5-11-17-12-15/h7-10,15-17H,4-6,11-12H2,1-3H3. The molecule has 2 heteroatoms. The van der Waals surface area contributed by atoms with Crippen molar-refractivity contribution in [3.05, 3.63) is 35.4 Å². The Morgan fingerprint density at radius 3 is 2.50 bits per heavy atom. The summed E-state index contributed by atoms with van der Waals surface area (Å²) >= 11 is 0. The van der Waals surface area contributed by atoms with Gasteiger partial charge in [0.1, 0.15) is 0 Å². The van der Waals surface area contributed by atoms with Crippen LogP contribution in [0.1, 0.15) is 36.9 Å². The molecule has 0 bridgehead atoms. The fourth-order valence-corrected chi connectivity index (χ4v) is 3.09. The predicted octanol–water partition coefficient (Wildman–Crippen LogP) is 2.85. The minimum Gasteiger partial charge on any atom is -0.316 e. The zero-order valence-electron chi connectivity index (χ0n) is 11.9. The van der Waals surface area contributed by atoms with Crippen molar-refractivity contribution in [1.82, 2.24) is 10.2 Å². The Morgan fingerprint density at radius 2 is 2.00 bits per heavy atom. The molecule has 2 nitrogen and oxygen atoms in total. The second kappa shape index (κ2) is 6.35. The van der Waals surface area contributed by atoms with Gasteiger partial charge in [-0.05, 0) is 63.5 Å². The Kier molecular flexibility index (Phi) is 4.79. The highest BCUT2D eigenvalue weighted by Gasteiger charge is 2.26. The number of hydrogen-bond donors (Lipinski definition) is 1. The lowest BCUT2D eigenvalue weighted by Crippen LogP contribution is -2.38. The topological polar surface area (TPSA) is 15.3 Å². The number of nitrogens with zero attached hydrogens (tertiary/aromatic N) is 1. The third-order valence-electron chi connectivity index (χ3n) is 4.07. The van der Waals surface area contributed by atoms with Gasteiger partial charge in [-0.3, -0.25) is 0 Å².